The Labute approximate surface area is 169 Å². The van der Waals surface area contributed by atoms with Gasteiger partial charge in [0.1, 0.15) is 17.3 Å². The molecule has 152 valence electrons. The first-order valence-corrected chi connectivity index (χ1v) is 9.15. The Balaban J connectivity index is 1.85. The number of anilines is 1. The molecule has 0 saturated carbocycles. The van der Waals surface area contributed by atoms with Crippen molar-refractivity contribution < 1.29 is 34.1 Å². The zero-order valence-electron chi connectivity index (χ0n) is 15.7. The molecule has 3 aromatic carbocycles. The molecule has 0 aliphatic carbocycles. The molecule has 8 heteroatoms. The summed E-state index contributed by atoms with van der Waals surface area (Å²) < 4.78 is 14.7. The lowest BCUT2D eigenvalue weighted by Crippen LogP contribution is -2.29. The van der Waals surface area contributed by atoms with Crippen molar-refractivity contribution in [1.29, 1.82) is 0 Å². The SMILES string of the molecule is CCC(C(=O)O)c1ccc(N2C(=O)c3c(c(O)c4ccccc4c3O)C2=O)cc1F. The molecule has 0 aromatic heterocycles. The molecule has 4 rings (SSSR count). The number of carboxylic acid groups (broad SMARTS) is 1. The number of aliphatic carboxylic acids is 1. The van der Waals surface area contributed by atoms with E-state index in [1.165, 1.54) is 24.3 Å². The fraction of sp³-hybridized carbons (Fsp3) is 0.136. The highest BCUT2D eigenvalue weighted by molar-refractivity contribution is 6.37. The smallest absolute Gasteiger partial charge is 0.311 e. The minimum Gasteiger partial charge on any atom is -0.506 e. The lowest BCUT2D eigenvalue weighted by molar-refractivity contribution is -0.138. The summed E-state index contributed by atoms with van der Waals surface area (Å²) in [6, 6.07) is 9.58. The van der Waals surface area contributed by atoms with Crippen molar-refractivity contribution in [3.63, 3.8) is 0 Å². The Morgan fingerprint density at radius 3 is 1.97 bits per heavy atom. The van der Waals surface area contributed by atoms with Gasteiger partial charge >= 0.3 is 5.97 Å². The molecular formula is C22H16FNO6. The van der Waals surface area contributed by atoms with E-state index < -0.39 is 41.0 Å². The summed E-state index contributed by atoms with van der Waals surface area (Å²) in [6.45, 7) is 1.60. The second-order valence-electron chi connectivity index (χ2n) is 6.94. The van der Waals surface area contributed by atoms with E-state index >= 15 is 0 Å². The number of carboxylic acids is 1. The first kappa shape index (κ1) is 19.4. The highest BCUT2D eigenvalue weighted by Crippen LogP contribution is 2.45. The van der Waals surface area contributed by atoms with E-state index in [0.717, 1.165) is 6.07 Å². The molecule has 1 atom stereocenters. The number of nitrogens with zero attached hydrogens (tertiary/aromatic N) is 1. The van der Waals surface area contributed by atoms with Gasteiger partial charge in [-0.25, -0.2) is 9.29 Å². The third-order valence-corrected chi connectivity index (χ3v) is 5.32. The molecule has 0 radical (unpaired) electrons. The predicted molar refractivity (Wildman–Crippen MR) is 105 cm³/mol. The summed E-state index contributed by atoms with van der Waals surface area (Å²) in [6.07, 6.45) is 0.160. The van der Waals surface area contributed by atoms with E-state index in [1.54, 1.807) is 19.1 Å². The average molecular weight is 409 g/mol. The highest BCUT2D eigenvalue weighted by atomic mass is 19.1. The van der Waals surface area contributed by atoms with Gasteiger partial charge in [-0.3, -0.25) is 14.4 Å². The number of hydrogen-bond acceptors (Lipinski definition) is 5. The molecule has 30 heavy (non-hydrogen) atoms. The van der Waals surface area contributed by atoms with Gasteiger partial charge in [0.2, 0.25) is 0 Å². The van der Waals surface area contributed by atoms with Gasteiger partial charge in [-0.05, 0) is 18.6 Å². The number of aromatic hydroxyl groups is 2. The molecule has 1 unspecified atom stereocenters. The summed E-state index contributed by atoms with van der Waals surface area (Å²) in [7, 11) is 0. The number of carbonyl (C=O) groups excluding carboxylic acids is 2. The topological polar surface area (TPSA) is 115 Å². The number of imide groups is 1. The Kier molecular flexibility index (Phi) is 4.42. The maximum atomic E-state index is 14.7. The largest absolute Gasteiger partial charge is 0.506 e. The summed E-state index contributed by atoms with van der Waals surface area (Å²) in [5.41, 5.74) is -0.928. The second-order valence-corrected chi connectivity index (χ2v) is 6.94. The van der Waals surface area contributed by atoms with Crippen molar-refractivity contribution in [2.24, 2.45) is 0 Å². The van der Waals surface area contributed by atoms with Gasteiger partial charge in [0.05, 0.1) is 22.7 Å². The number of phenols is 2. The first-order valence-electron chi connectivity index (χ1n) is 9.15. The van der Waals surface area contributed by atoms with Crippen molar-refractivity contribution in [3.05, 3.63) is 65.0 Å². The van der Waals surface area contributed by atoms with Crippen molar-refractivity contribution in [1.82, 2.24) is 0 Å². The lowest BCUT2D eigenvalue weighted by atomic mass is 9.96. The number of fused-ring (bicyclic) bond motifs is 2. The Bertz CT molecular complexity index is 1190. The van der Waals surface area contributed by atoms with Gasteiger partial charge in [0.15, 0.2) is 0 Å². The molecule has 3 aromatic rings. The molecule has 1 aliphatic heterocycles. The van der Waals surface area contributed by atoms with Crippen LogP contribution in [0.3, 0.4) is 0 Å². The summed E-state index contributed by atoms with van der Waals surface area (Å²) in [5, 5.41) is 30.8. The minimum atomic E-state index is -1.19. The maximum absolute atomic E-state index is 14.7. The number of carbonyl (C=O) groups is 3. The van der Waals surface area contributed by atoms with Crippen LogP contribution in [0.4, 0.5) is 10.1 Å². The zero-order chi connectivity index (χ0) is 21.7. The lowest BCUT2D eigenvalue weighted by Gasteiger charge is -2.17. The predicted octanol–water partition coefficient (Wildman–Crippen LogP) is 3.77. The molecule has 0 saturated heterocycles. The average Bonchev–Trinajstić information content (AvgIpc) is 2.98. The fourth-order valence-corrected chi connectivity index (χ4v) is 3.83. The van der Waals surface area contributed by atoms with Gasteiger partial charge < -0.3 is 15.3 Å². The number of amides is 2. The summed E-state index contributed by atoms with van der Waals surface area (Å²) in [5.74, 6) is -5.86. The fourth-order valence-electron chi connectivity index (χ4n) is 3.83. The van der Waals surface area contributed by atoms with E-state index in [2.05, 4.69) is 0 Å². The van der Waals surface area contributed by atoms with Gasteiger partial charge in [0, 0.05) is 16.3 Å². The summed E-state index contributed by atoms with van der Waals surface area (Å²) >= 11 is 0. The number of hydrogen-bond donors (Lipinski definition) is 3. The van der Waals surface area contributed by atoms with E-state index in [9.17, 15) is 34.1 Å². The van der Waals surface area contributed by atoms with Crippen LogP contribution in [0, 0.1) is 5.82 Å². The van der Waals surface area contributed by atoms with Gasteiger partial charge in [-0.15, -0.1) is 0 Å². The molecule has 1 heterocycles. The standard InChI is InChI=1S/C22H16FNO6/c1-2-11(22(29)30)12-8-7-10(9-15(12)23)24-20(27)16-17(21(24)28)19(26)14-6-4-3-5-13(14)18(16)25/h3-9,11,25-26H,2H2,1H3,(H,29,30). The quantitative estimate of drug-likeness (QED) is 0.446. The van der Waals surface area contributed by atoms with Crippen LogP contribution in [0.15, 0.2) is 42.5 Å². The van der Waals surface area contributed by atoms with Crippen LogP contribution in [0.1, 0.15) is 45.5 Å². The Hall–Kier alpha value is -3.94. The van der Waals surface area contributed by atoms with Crippen LogP contribution in [-0.4, -0.2) is 33.1 Å². The van der Waals surface area contributed by atoms with Crippen molar-refractivity contribution in [2.45, 2.75) is 19.3 Å². The van der Waals surface area contributed by atoms with Crippen LogP contribution < -0.4 is 4.90 Å². The third-order valence-electron chi connectivity index (χ3n) is 5.32. The van der Waals surface area contributed by atoms with E-state index in [0.29, 0.717) is 4.90 Å². The number of benzene rings is 3. The van der Waals surface area contributed by atoms with Gasteiger partial charge in [0.25, 0.3) is 11.8 Å². The molecule has 0 spiro atoms. The van der Waals surface area contributed by atoms with Gasteiger partial charge in [-0.1, -0.05) is 37.3 Å². The Morgan fingerprint density at radius 2 is 1.53 bits per heavy atom. The highest BCUT2D eigenvalue weighted by Gasteiger charge is 2.42. The first-order chi connectivity index (χ1) is 14.3. The molecule has 1 aliphatic rings. The maximum Gasteiger partial charge on any atom is 0.311 e. The number of rotatable bonds is 4. The number of halogens is 1. The zero-order valence-corrected chi connectivity index (χ0v) is 15.7. The molecule has 2 amide bonds. The van der Waals surface area contributed by atoms with E-state index in [-0.39, 0.29) is 39.6 Å². The summed E-state index contributed by atoms with van der Waals surface area (Å²) in [4.78, 5) is 37.8. The molecule has 3 N–H and O–H groups in total. The monoisotopic (exact) mass is 409 g/mol. The number of phenolic OH excluding ortho intramolecular Hbond substituents is 2. The van der Waals surface area contributed by atoms with Crippen molar-refractivity contribution >= 4 is 34.2 Å². The van der Waals surface area contributed by atoms with Crippen molar-refractivity contribution in [2.75, 3.05) is 4.90 Å². The molecular weight excluding hydrogens is 393 g/mol. The normalized spacial score (nSPS) is 14.3. The Morgan fingerprint density at radius 1 is 1.00 bits per heavy atom. The van der Waals surface area contributed by atoms with Crippen LogP contribution in [-0.2, 0) is 4.79 Å². The van der Waals surface area contributed by atoms with Gasteiger partial charge in [-0.2, -0.15) is 0 Å². The molecule has 0 fully saturated rings. The van der Waals surface area contributed by atoms with Crippen LogP contribution in [0.5, 0.6) is 11.5 Å². The van der Waals surface area contributed by atoms with E-state index in [4.69, 9.17) is 0 Å². The van der Waals surface area contributed by atoms with Crippen LogP contribution in [0.25, 0.3) is 10.8 Å². The minimum absolute atomic E-state index is 0.0678. The van der Waals surface area contributed by atoms with Crippen LogP contribution in [0.2, 0.25) is 0 Å². The molecule has 0 bridgehead atoms. The van der Waals surface area contributed by atoms with Crippen molar-refractivity contribution in [3.8, 4) is 11.5 Å². The van der Waals surface area contributed by atoms with E-state index in [1.807, 2.05) is 0 Å². The molecule has 7 nitrogen and oxygen atoms in total. The third kappa shape index (κ3) is 2.61. The van der Waals surface area contributed by atoms with Crippen LogP contribution >= 0.6 is 0 Å². The second kappa shape index (κ2) is 6.84.